The van der Waals surface area contributed by atoms with E-state index in [9.17, 15) is 0 Å². The standard InChI is InChI=1S/C36H30N4Si.Ni/c1-41(2,3)23-28-29-18-20-33(39-29)35(24-10-6-4-7-11-24)31-16-14-26(37-31)22-27-15-17-32(38-27)36(25-12-8-5-9-13-25)34-21-19-30(28)40-34;/h4-22H,23H2,1-3H3;/q-2;+2. The van der Waals surface area contributed by atoms with Gasteiger partial charge in [-0.2, -0.15) is 0 Å². The molecule has 0 N–H and O–H groups in total. The van der Waals surface area contributed by atoms with E-state index in [0.717, 1.165) is 73.1 Å². The van der Waals surface area contributed by atoms with Crippen molar-refractivity contribution in [3.05, 3.63) is 119 Å². The Morgan fingerprint density at radius 3 is 1.40 bits per heavy atom. The molecule has 42 heavy (non-hydrogen) atoms. The van der Waals surface area contributed by atoms with E-state index >= 15 is 0 Å². The Balaban J connectivity index is 0.00000316. The van der Waals surface area contributed by atoms with E-state index in [-0.39, 0.29) is 16.5 Å². The molecule has 208 valence electrons. The van der Waals surface area contributed by atoms with Gasteiger partial charge >= 0.3 is 16.5 Å². The Labute approximate surface area is 257 Å². The number of fused-ring (bicyclic) bond motifs is 8. The molecule has 0 unspecified atom stereocenters. The molecule has 8 bridgehead atoms. The van der Waals surface area contributed by atoms with Gasteiger partial charge in [-0.15, -0.1) is 22.1 Å². The van der Waals surface area contributed by atoms with Gasteiger partial charge in [-0.05, 0) is 58.7 Å². The van der Waals surface area contributed by atoms with Crippen LogP contribution in [0.25, 0.3) is 68.6 Å². The van der Waals surface area contributed by atoms with E-state index in [1.165, 1.54) is 5.56 Å². The maximum absolute atomic E-state index is 5.26. The van der Waals surface area contributed by atoms with Crippen molar-refractivity contribution < 1.29 is 16.5 Å². The van der Waals surface area contributed by atoms with Crippen LogP contribution in [0.2, 0.25) is 19.6 Å². The summed E-state index contributed by atoms with van der Waals surface area (Å²) in [6, 6.07) is 32.5. The van der Waals surface area contributed by atoms with Crippen molar-refractivity contribution in [2.45, 2.75) is 25.7 Å². The van der Waals surface area contributed by atoms with Gasteiger partial charge in [-0.1, -0.05) is 110 Å². The molecule has 0 fully saturated rings. The monoisotopic (exact) mass is 604 g/mol. The van der Waals surface area contributed by atoms with Crippen LogP contribution in [-0.2, 0) is 22.5 Å². The normalized spacial score (nSPS) is 12.4. The molecule has 6 heteroatoms. The maximum Gasteiger partial charge on any atom is 2.00 e. The summed E-state index contributed by atoms with van der Waals surface area (Å²) in [4.78, 5) is 20.6. The molecule has 2 aromatic carbocycles. The van der Waals surface area contributed by atoms with Gasteiger partial charge in [-0.3, -0.25) is 0 Å². The van der Waals surface area contributed by atoms with Gasteiger partial charge in [0.15, 0.2) is 0 Å². The average molecular weight is 605 g/mol. The molecule has 0 saturated heterocycles. The Morgan fingerprint density at radius 1 is 0.548 bits per heavy atom. The molecule has 0 atom stereocenters. The number of rotatable bonds is 4. The van der Waals surface area contributed by atoms with Gasteiger partial charge in [0.1, 0.15) is 0 Å². The fraction of sp³-hybridized carbons (Fsp3) is 0.111. The zero-order valence-corrected chi connectivity index (χ0v) is 25.8. The van der Waals surface area contributed by atoms with E-state index < -0.39 is 8.07 Å². The van der Waals surface area contributed by atoms with Crippen LogP contribution < -0.4 is 9.97 Å². The summed E-state index contributed by atoms with van der Waals surface area (Å²) in [5, 5.41) is 0. The van der Waals surface area contributed by atoms with Crippen LogP contribution in [0.5, 0.6) is 0 Å². The molecule has 2 aliphatic rings. The molecular formula is C36H30N4NiSi. The minimum absolute atomic E-state index is 0. The molecular weight excluding hydrogens is 575 g/mol. The number of hydrogen-bond donors (Lipinski definition) is 0. The summed E-state index contributed by atoms with van der Waals surface area (Å²) >= 11 is 0. The van der Waals surface area contributed by atoms with Gasteiger partial charge in [0, 0.05) is 8.07 Å². The average Bonchev–Trinajstić information content (AvgIpc) is 3.78. The number of hydrogen-bond acceptors (Lipinski definition) is 2. The van der Waals surface area contributed by atoms with Gasteiger partial charge in [0.25, 0.3) is 0 Å². The van der Waals surface area contributed by atoms with Crippen molar-refractivity contribution >= 4 is 54.4 Å². The van der Waals surface area contributed by atoms with E-state index in [4.69, 9.17) is 19.9 Å². The van der Waals surface area contributed by atoms with Crippen molar-refractivity contribution in [2.75, 3.05) is 0 Å². The second kappa shape index (κ2) is 11.2. The van der Waals surface area contributed by atoms with Crippen LogP contribution in [0.3, 0.4) is 0 Å². The molecule has 0 saturated carbocycles. The Kier molecular flexibility index (Phi) is 7.44. The zero-order valence-electron chi connectivity index (χ0n) is 23.8. The third-order valence-electron chi connectivity index (χ3n) is 7.37. The minimum atomic E-state index is -1.52. The SMILES string of the molecule is C[Si](C)(C)Cc1c2ccc([n-]2)c(-c2ccccc2)c2nc(cc3nc(c(-c4ccccc4)c4ccc1[n-]4)C=C3)C=C2.[Ni+2]. The predicted octanol–water partition coefficient (Wildman–Crippen LogP) is 8.67. The molecule has 7 rings (SSSR count). The molecule has 0 amide bonds. The topological polar surface area (TPSA) is 54.0 Å². The summed E-state index contributed by atoms with van der Waals surface area (Å²) < 4.78 is 0. The third kappa shape index (κ3) is 5.48. The summed E-state index contributed by atoms with van der Waals surface area (Å²) in [5.41, 5.74) is 12.8. The summed E-state index contributed by atoms with van der Waals surface area (Å²) in [7, 11) is -1.52. The summed E-state index contributed by atoms with van der Waals surface area (Å²) in [5.74, 6) is 0. The van der Waals surface area contributed by atoms with Crippen molar-refractivity contribution in [3.8, 4) is 22.3 Å². The van der Waals surface area contributed by atoms with Gasteiger partial charge in [-0.25, -0.2) is 9.97 Å². The quantitative estimate of drug-likeness (QED) is 0.189. The predicted molar refractivity (Wildman–Crippen MR) is 175 cm³/mol. The number of nitrogens with zero attached hydrogens (tertiary/aromatic N) is 4. The van der Waals surface area contributed by atoms with Crippen molar-refractivity contribution in [2.24, 2.45) is 0 Å². The molecule has 5 heterocycles. The van der Waals surface area contributed by atoms with E-state index in [0.29, 0.717) is 0 Å². The van der Waals surface area contributed by atoms with Gasteiger partial charge in [0.05, 0.1) is 22.8 Å². The Morgan fingerprint density at radius 2 is 0.976 bits per heavy atom. The third-order valence-corrected chi connectivity index (χ3v) is 8.79. The molecule has 4 nitrogen and oxygen atoms in total. The van der Waals surface area contributed by atoms with Crippen LogP contribution in [0.1, 0.15) is 28.3 Å². The first-order chi connectivity index (χ1) is 19.9. The molecule has 2 aliphatic heterocycles. The first-order valence-corrected chi connectivity index (χ1v) is 17.7. The van der Waals surface area contributed by atoms with E-state index in [2.05, 4.69) is 117 Å². The van der Waals surface area contributed by atoms with Crippen molar-refractivity contribution in [3.63, 3.8) is 0 Å². The van der Waals surface area contributed by atoms with E-state index in [1.807, 2.05) is 18.2 Å². The van der Waals surface area contributed by atoms with Crippen LogP contribution in [0, 0.1) is 0 Å². The fourth-order valence-electron chi connectivity index (χ4n) is 5.59. The number of benzene rings is 2. The first kappa shape index (κ1) is 27.9. The fourth-order valence-corrected chi connectivity index (χ4v) is 7.01. The van der Waals surface area contributed by atoms with Crippen LogP contribution in [0.15, 0.2) is 91.0 Å². The molecule has 5 aromatic rings. The Bertz CT molecular complexity index is 1860. The Hall–Kier alpha value is -4.25. The van der Waals surface area contributed by atoms with E-state index in [1.54, 1.807) is 0 Å². The zero-order chi connectivity index (χ0) is 28.0. The van der Waals surface area contributed by atoms with Gasteiger partial charge < -0.3 is 9.97 Å². The smallest absolute Gasteiger partial charge is 0.657 e. The van der Waals surface area contributed by atoms with Gasteiger partial charge in [0.2, 0.25) is 0 Å². The summed E-state index contributed by atoms with van der Waals surface area (Å²) in [6.07, 6.45) is 8.29. The molecule has 0 aliphatic carbocycles. The molecule has 0 radical (unpaired) electrons. The summed E-state index contributed by atoms with van der Waals surface area (Å²) in [6.45, 7) is 7.20. The van der Waals surface area contributed by atoms with Crippen LogP contribution >= 0.6 is 0 Å². The minimum Gasteiger partial charge on any atom is -0.657 e. The second-order valence-electron chi connectivity index (χ2n) is 11.8. The maximum atomic E-state index is 5.26. The largest absolute Gasteiger partial charge is 2.00 e. The van der Waals surface area contributed by atoms with Crippen molar-refractivity contribution in [1.82, 2.24) is 19.9 Å². The van der Waals surface area contributed by atoms with Crippen LogP contribution in [-0.4, -0.2) is 18.0 Å². The first-order valence-electron chi connectivity index (χ1n) is 14.0. The molecule has 3 aromatic heterocycles. The number of aromatic nitrogens is 4. The molecule has 0 spiro atoms. The second-order valence-corrected chi connectivity index (χ2v) is 17.3. The van der Waals surface area contributed by atoms with Crippen molar-refractivity contribution in [1.29, 1.82) is 0 Å². The van der Waals surface area contributed by atoms with Crippen LogP contribution in [0.4, 0.5) is 0 Å².